The molecule has 0 saturated heterocycles. The van der Waals surface area contributed by atoms with E-state index in [4.69, 9.17) is 5.11 Å². The van der Waals surface area contributed by atoms with Gasteiger partial charge in [-0.05, 0) is 14.1 Å². The minimum atomic E-state index is -1.05. The highest BCUT2D eigenvalue weighted by Crippen LogP contribution is 1.93. The van der Waals surface area contributed by atoms with Crippen LogP contribution in [0.2, 0.25) is 0 Å². The third-order valence-electron chi connectivity index (χ3n) is 1.58. The highest BCUT2D eigenvalue weighted by atomic mass is 16.5. The Labute approximate surface area is 83.0 Å². The van der Waals surface area contributed by atoms with Crippen molar-refractivity contribution in [2.24, 2.45) is 0 Å². The molecule has 1 N–H and O–H groups in total. The standard InChI is InChI=1S/C8H16N2O4/c1-9(2)4-5-10(6-7(11)12)8(13)14-3/h4-6H2,1-3H3,(H,11,12). The van der Waals surface area contributed by atoms with Gasteiger partial charge in [0.1, 0.15) is 6.54 Å². The van der Waals surface area contributed by atoms with Gasteiger partial charge in [-0.15, -0.1) is 0 Å². The van der Waals surface area contributed by atoms with Crippen molar-refractivity contribution in [1.82, 2.24) is 9.80 Å². The Morgan fingerprint density at radius 2 is 1.86 bits per heavy atom. The number of rotatable bonds is 5. The SMILES string of the molecule is COC(=O)N(CCN(C)C)CC(=O)O. The Hall–Kier alpha value is -1.30. The molecule has 0 saturated carbocycles. The van der Waals surface area contributed by atoms with Crippen molar-refractivity contribution in [3.05, 3.63) is 0 Å². The number of ether oxygens (including phenoxy) is 1. The van der Waals surface area contributed by atoms with E-state index in [0.29, 0.717) is 13.1 Å². The van der Waals surface area contributed by atoms with Crippen LogP contribution in [-0.2, 0) is 9.53 Å². The molecule has 0 fully saturated rings. The van der Waals surface area contributed by atoms with Crippen LogP contribution in [0.15, 0.2) is 0 Å². The summed E-state index contributed by atoms with van der Waals surface area (Å²) >= 11 is 0. The average Bonchev–Trinajstić information content (AvgIpc) is 2.10. The maximum absolute atomic E-state index is 11.1. The second-order valence-corrected chi connectivity index (χ2v) is 3.09. The summed E-state index contributed by atoms with van der Waals surface area (Å²) in [5.41, 5.74) is 0. The first-order valence-corrected chi connectivity index (χ1v) is 4.16. The Balaban J connectivity index is 4.10. The van der Waals surface area contributed by atoms with Gasteiger partial charge in [0, 0.05) is 13.1 Å². The van der Waals surface area contributed by atoms with Crippen molar-refractivity contribution in [3.8, 4) is 0 Å². The molecule has 1 amide bonds. The highest BCUT2D eigenvalue weighted by molar-refractivity contribution is 5.76. The van der Waals surface area contributed by atoms with Crippen molar-refractivity contribution >= 4 is 12.1 Å². The molecule has 0 aliphatic heterocycles. The molecule has 0 unspecified atom stereocenters. The van der Waals surface area contributed by atoms with Crippen molar-refractivity contribution in [2.45, 2.75) is 0 Å². The summed E-state index contributed by atoms with van der Waals surface area (Å²) in [5, 5.41) is 8.53. The lowest BCUT2D eigenvalue weighted by atomic mass is 10.5. The van der Waals surface area contributed by atoms with Crippen LogP contribution in [0, 0.1) is 0 Å². The van der Waals surface area contributed by atoms with Gasteiger partial charge in [-0.2, -0.15) is 0 Å². The van der Waals surface area contributed by atoms with Gasteiger partial charge in [0.05, 0.1) is 7.11 Å². The van der Waals surface area contributed by atoms with Crippen LogP contribution in [0.3, 0.4) is 0 Å². The second-order valence-electron chi connectivity index (χ2n) is 3.09. The second kappa shape index (κ2) is 6.20. The van der Waals surface area contributed by atoms with Crippen molar-refractivity contribution in [1.29, 1.82) is 0 Å². The Kier molecular flexibility index (Phi) is 5.62. The number of carboxylic acids is 1. The van der Waals surface area contributed by atoms with Gasteiger partial charge >= 0.3 is 12.1 Å². The molecule has 14 heavy (non-hydrogen) atoms. The maximum Gasteiger partial charge on any atom is 0.410 e. The van der Waals surface area contributed by atoms with Crippen LogP contribution >= 0.6 is 0 Å². The van der Waals surface area contributed by atoms with E-state index in [1.165, 1.54) is 7.11 Å². The van der Waals surface area contributed by atoms with Gasteiger partial charge in [0.15, 0.2) is 0 Å². The smallest absolute Gasteiger partial charge is 0.410 e. The normalized spacial score (nSPS) is 10.0. The number of hydrogen-bond acceptors (Lipinski definition) is 4. The van der Waals surface area contributed by atoms with Gasteiger partial charge in [-0.1, -0.05) is 0 Å². The molecule has 0 aliphatic rings. The van der Waals surface area contributed by atoms with E-state index >= 15 is 0 Å². The molecule has 6 nitrogen and oxygen atoms in total. The highest BCUT2D eigenvalue weighted by Gasteiger charge is 2.16. The Morgan fingerprint density at radius 3 is 2.21 bits per heavy atom. The lowest BCUT2D eigenvalue weighted by Crippen LogP contribution is -2.39. The zero-order valence-electron chi connectivity index (χ0n) is 8.69. The third kappa shape index (κ3) is 5.36. The summed E-state index contributed by atoms with van der Waals surface area (Å²) in [7, 11) is 4.92. The summed E-state index contributed by atoms with van der Waals surface area (Å²) < 4.78 is 4.45. The molecule has 0 aliphatic carbocycles. The molecular weight excluding hydrogens is 188 g/mol. The van der Waals surface area contributed by atoms with Crippen LogP contribution in [0.1, 0.15) is 0 Å². The minimum Gasteiger partial charge on any atom is -0.480 e. The Bertz CT molecular complexity index is 206. The zero-order chi connectivity index (χ0) is 11.1. The molecule has 0 aromatic carbocycles. The first-order chi connectivity index (χ1) is 6.47. The molecule has 0 rings (SSSR count). The fourth-order valence-electron chi connectivity index (χ4n) is 0.848. The summed E-state index contributed by atoms with van der Waals surface area (Å²) in [6.07, 6.45) is -0.616. The summed E-state index contributed by atoms with van der Waals surface area (Å²) in [5.74, 6) is -1.05. The lowest BCUT2D eigenvalue weighted by molar-refractivity contribution is -0.138. The maximum atomic E-state index is 11.1. The van der Waals surface area contributed by atoms with E-state index < -0.39 is 12.1 Å². The van der Waals surface area contributed by atoms with Crippen LogP contribution in [0.5, 0.6) is 0 Å². The van der Waals surface area contributed by atoms with Crippen molar-refractivity contribution in [2.75, 3.05) is 40.8 Å². The molecule has 82 valence electrons. The van der Waals surface area contributed by atoms with E-state index in [-0.39, 0.29) is 6.54 Å². The van der Waals surface area contributed by atoms with Crippen LogP contribution in [0.4, 0.5) is 4.79 Å². The quantitative estimate of drug-likeness (QED) is 0.665. The molecular formula is C8H16N2O4. The zero-order valence-corrected chi connectivity index (χ0v) is 8.69. The molecule has 0 aromatic rings. The van der Waals surface area contributed by atoms with Crippen molar-refractivity contribution in [3.63, 3.8) is 0 Å². The topological polar surface area (TPSA) is 70.1 Å². The van der Waals surface area contributed by atoms with E-state index in [9.17, 15) is 9.59 Å². The largest absolute Gasteiger partial charge is 0.480 e. The first kappa shape index (κ1) is 12.7. The molecule has 0 aromatic heterocycles. The number of amides is 1. The number of methoxy groups -OCH3 is 1. The number of carbonyl (C=O) groups excluding carboxylic acids is 1. The van der Waals surface area contributed by atoms with Gasteiger partial charge < -0.3 is 14.7 Å². The number of carbonyl (C=O) groups is 2. The first-order valence-electron chi connectivity index (χ1n) is 4.16. The summed E-state index contributed by atoms with van der Waals surface area (Å²) in [4.78, 5) is 24.5. The molecule has 0 radical (unpaired) electrons. The van der Waals surface area contributed by atoms with E-state index in [2.05, 4.69) is 4.74 Å². The summed E-state index contributed by atoms with van der Waals surface area (Å²) in [6.45, 7) is 0.606. The molecule has 0 bridgehead atoms. The third-order valence-corrected chi connectivity index (χ3v) is 1.58. The van der Waals surface area contributed by atoms with Gasteiger partial charge in [0.25, 0.3) is 0 Å². The number of nitrogens with zero attached hydrogens (tertiary/aromatic N) is 2. The van der Waals surface area contributed by atoms with Gasteiger partial charge in [-0.3, -0.25) is 9.69 Å². The van der Waals surface area contributed by atoms with Gasteiger partial charge in [-0.25, -0.2) is 4.79 Å². The molecule has 6 heteroatoms. The predicted octanol–water partition coefficient (Wildman–Crippen LogP) is -0.299. The van der Waals surface area contributed by atoms with Gasteiger partial charge in [0.2, 0.25) is 0 Å². The average molecular weight is 204 g/mol. The molecule has 0 atom stereocenters. The number of likely N-dealkylation sites (N-methyl/N-ethyl adjacent to an activating group) is 1. The van der Waals surface area contributed by atoms with E-state index in [1.54, 1.807) is 0 Å². The van der Waals surface area contributed by atoms with E-state index in [0.717, 1.165) is 4.90 Å². The predicted molar refractivity (Wildman–Crippen MR) is 50.2 cm³/mol. The Morgan fingerprint density at radius 1 is 1.29 bits per heavy atom. The molecule has 0 heterocycles. The lowest BCUT2D eigenvalue weighted by Gasteiger charge is -2.20. The van der Waals surface area contributed by atoms with Crippen LogP contribution in [-0.4, -0.2) is 67.8 Å². The monoisotopic (exact) mass is 204 g/mol. The van der Waals surface area contributed by atoms with E-state index in [1.807, 2.05) is 19.0 Å². The number of carboxylic acid groups (broad SMARTS) is 1. The summed E-state index contributed by atoms with van der Waals surface area (Å²) in [6, 6.07) is 0. The van der Waals surface area contributed by atoms with Crippen LogP contribution < -0.4 is 0 Å². The number of hydrogen-bond donors (Lipinski definition) is 1. The van der Waals surface area contributed by atoms with Crippen LogP contribution in [0.25, 0.3) is 0 Å². The number of aliphatic carboxylic acids is 1. The van der Waals surface area contributed by atoms with Crippen molar-refractivity contribution < 1.29 is 19.4 Å². The fourth-order valence-corrected chi connectivity index (χ4v) is 0.848. The molecule has 0 spiro atoms. The minimum absolute atomic E-state index is 0.333. The fraction of sp³-hybridized carbons (Fsp3) is 0.750.